The zero-order valence-electron chi connectivity index (χ0n) is 9.54. The van der Waals surface area contributed by atoms with Crippen LogP contribution in [0.1, 0.15) is 52.4 Å². The molecule has 2 heteroatoms. The Morgan fingerprint density at radius 1 is 1.43 bits per heavy atom. The highest BCUT2D eigenvalue weighted by molar-refractivity contribution is 4.66. The highest BCUT2D eigenvalue weighted by atomic mass is 16.5. The van der Waals surface area contributed by atoms with Gasteiger partial charge in [0.1, 0.15) is 0 Å². The van der Waals surface area contributed by atoms with Crippen LogP contribution in [-0.2, 0) is 4.74 Å². The van der Waals surface area contributed by atoms with Crippen LogP contribution >= 0.6 is 0 Å². The van der Waals surface area contributed by atoms with Crippen LogP contribution in [0.4, 0.5) is 0 Å². The molecule has 0 aromatic heterocycles. The SMILES string of the molecule is CC(O)CC(C)CCCC1CCCO1. The second-order valence-electron chi connectivity index (χ2n) is 4.76. The Hall–Kier alpha value is -0.0800. The van der Waals surface area contributed by atoms with Crippen molar-refractivity contribution in [2.75, 3.05) is 6.61 Å². The number of aliphatic hydroxyl groups excluding tert-OH is 1. The molecule has 84 valence electrons. The summed E-state index contributed by atoms with van der Waals surface area (Å²) < 4.78 is 5.57. The van der Waals surface area contributed by atoms with E-state index in [1.807, 2.05) is 6.92 Å². The van der Waals surface area contributed by atoms with Gasteiger partial charge in [0.2, 0.25) is 0 Å². The van der Waals surface area contributed by atoms with Gasteiger partial charge in [-0.05, 0) is 38.5 Å². The summed E-state index contributed by atoms with van der Waals surface area (Å²) in [6.07, 6.45) is 7.51. The predicted octanol–water partition coefficient (Wildman–Crippen LogP) is 2.74. The summed E-state index contributed by atoms with van der Waals surface area (Å²) in [6, 6.07) is 0. The number of aliphatic hydroxyl groups is 1. The van der Waals surface area contributed by atoms with Crippen LogP contribution in [0.5, 0.6) is 0 Å². The molecule has 1 saturated heterocycles. The Balaban J connectivity index is 1.96. The molecule has 0 aromatic carbocycles. The summed E-state index contributed by atoms with van der Waals surface area (Å²) in [5.41, 5.74) is 0. The van der Waals surface area contributed by atoms with E-state index >= 15 is 0 Å². The first kappa shape index (κ1) is 12.0. The van der Waals surface area contributed by atoms with Gasteiger partial charge in [0.05, 0.1) is 12.2 Å². The molecule has 3 atom stereocenters. The van der Waals surface area contributed by atoms with Gasteiger partial charge in [-0.25, -0.2) is 0 Å². The van der Waals surface area contributed by atoms with E-state index in [0.717, 1.165) is 13.0 Å². The van der Waals surface area contributed by atoms with Crippen molar-refractivity contribution in [2.45, 2.75) is 64.6 Å². The molecule has 1 fully saturated rings. The van der Waals surface area contributed by atoms with Crippen molar-refractivity contribution in [3.05, 3.63) is 0 Å². The van der Waals surface area contributed by atoms with E-state index in [4.69, 9.17) is 4.74 Å². The Bertz CT molecular complexity index is 139. The third kappa shape index (κ3) is 4.97. The zero-order valence-corrected chi connectivity index (χ0v) is 9.54. The van der Waals surface area contributed by atoms with Crippen molar-refractivity contribution in [2.24, 2.45) is 5.92 Å². The van der Waals surface area contributed by atoms with Crippen LogP contribution in [-0.4, -0.2) is 23.9 Å². The van der Waals surface area contributed by atoms with E-state index in [1.165, 1.54) is 32.1 Å². The molecule has 0 aliphatic carbocycles. The summed E-state index contributed by atoms with van der Waals surface area (Å²) in [5.74, 6) is 0.649. The molecule has 3 unspecified atom stereocenters. The first-order valence-corrected chi connectivity index (χ1v) is 5.98. The average Bonchev–Trinajstić information content (AvgIpc) is 2.55. The van der Waals surface area contributed by atoms with E-state index in [2.05, 4.69) is 6.92 Å². The normalized spacial score (nSPS) is 26.4. The van der Waals surface area contributed by atoms with Crippen LogP contribution in [0.25, 0.3) is 0 Å². The van der Waals surface area contributed by atoms with Gasteiger partial charge in [-0.1, -0.05) is 19.8 Å². The Labute approximate surface area is 87.7 Å². The van der Waals surface area contributed by atoms with Crippen LogP contribution in [0.15, 0.2) is 0 Å². The van der Waals surface area contributed by atoms with E-state index in [1.54, 1.807) is 0 Å². The third-order valence-electron chi connectivity index (χ3n) is 2.99. The molecular weight excluding hydrogens is 176 g/mol. The summed E-state index contributed by atoms with van der Waals surface area (Å²) in [4.78, 5) is 0. The smallest absolute Gasteiger partial charge is 0.0576 e. The van der Waals surface area contributed by atoms with Gasteiger partial charge in [0.25, 0.3) is 0 Å². The van der Waals surface area contributed by atoms with E-state index in [9.17, 15) is 5.11 Å². The molecule has 1 aliphatic rings. The molecule has 0 spiro atoms. The van der Waals surface area contributed by atoms with Crippen LogP contribution < -0.4 is 0 Å². The molecule has 0 radical (unpaired) electrons. The van der Waals surface area contributed by atoms with E-state index in [-0.39, 0.29) is 6.10 Å². The highest BCUT2D eigenvalue weighted by Crippen LogP contribution is 2.20. The molecule has 0 aromatic rings. The fraction of sp³-hybridized carbons (Fsp3) is 1.00. The average molecular weight is 200 g/mol. The number of hydrogen-bond donors (Lipinski definition) is 1. The molecule has 14 heavy (non-hydrogen) atoms. The summed E-state index contributed by atoms with van der Waals surface area (Å²) >= 11 is 0. The van der Waals surface area contributed by atoms with Gasteiger partial charge in [-0.2, -0.15) is 0 Å². The standard InChI is InChI=1S/C12H24O2/c1-10(9-11(2)13)5-3-6-12-7-4-8-14-12/h10-13H,3-9H2,1-2H3. The van der Waals surface area contributed by atoms with E-state index < -0.39 is 0 Å². The molecule has 0 saturated carbocycles. The lowest BCUT2D eigenvalue weighted by atomic mass is 9.96. The molecule has 0 bridgehead atoms. The minimum absolute atomic E-state index is 0.146. The van der Waals surface area contributed by atoms with Gasteiger partial charge in [0, 0.05) is 6.61 Å². The minimum atomic E-state index is -0.146. The van der Waals surface area contributed by atoms with Crippen molar-refractivity contribution >= 4 is 0 Å². The quantitative estimate of drug-likeness (QED) is 0.714. The lowest BCUT2D eigenvalue weighted by Gasteiger charge is -2.14. The maximum atomic E-state index is 9.21. The monoisotopic (exact) mass is 200 g/mol. The summed E-state index contributed by atoms with van der Waals surface area (Å²) in [7, 11) is 0. The molecule has 0 amide bonds. The van der Waals surface area contributed by atoms with Crippen molar-refractivity contribution in [3.8, 4) is 0 Å². The van der Waals surface area contributed by atoms with Crippen molar-refractivity contribution in [3.63, 3.8) is 0 Å². The lowest BCUT2D eigenvalue weighted by molar-refractivity contribution is 0.0994. The first-order valence-electron chi connectivity index (χ1n) is 5.98. The second kappa shape index (κ2) is 6.41. The fourth-order valence-corrected chi connectivity index (χ4v) is 2.27. The fourth-order valence-electron chi connectivity index (χ4n) is 2.27. The summed E-state index contributed by atoms with van der Waals surface area (Å²) in [6.45, 7) is 5.06. The Morgan fingerprint density at radius 3 is 2.79 bits per heavy atom. The van der Waals surface area contributed by atoms with Crippen LogP contribution in [0.2, 0.25) is 0 Å². The topological polar surface area (TPSA) is 29.5 Å². The van der Waals surface area contributed by atoms with Gasteiger partial charge in [-0.3, -0.25) is 0 Å². The number of ether oxygens (including phenoxy) is 1. The van der Waals surface area contributed by atoms with E-state index in [0.29, 0.717) is 12.0 Å². The maximum Gasteiger partial charge on any atom is 0.0576 e. The minimum Gasteiger partial charge on any atom is -0.393 e. The van der Waals surface area contributed by atoms with Gasteiger partial charge in [0.15, 0.2) is 0 Å². The lowest BCUT2D eigenvalue weighted by Crippen LogP contribution is -2.09. The van der Waals surface area contributed by atoms with Gasteiger partial charge < -0.3 is 9.84 Å². The van der Waals surface area contributed by atoms with Crippen LogP contribution in [0, 0.1) is 5.92 Å². The largest absolute Gasteiger partial charge is 0.393 e. The maximum absolute atomic E-state index is 9.21. The molecule has 2 nitrogen and oxygen atoms in total. The molecular formula is C12H24O2. The molecule has 1 N–H and O–H groups in total. The third-order valence-corrected chi connectivity index (χ3v) is 2.99. The highest BCUT2D eigenvalue weighted by Gasteiger charge is 2.15. The summed E-state index contributed by atoms with van der Waals surface area (Å²) in [5, 5.41) is 9.21. The van der Waals surface area contributed by atoms with Crippen molar-refractivity contribution in [1.29, 1.82) is 0 Å². The van der Waals surface area contributed by atoms with Crippen molar-refractivity contribution in [1.82, 2.24) is 0 Å². The Kier molecular flexibility index (Phi) is 5.49. The second-order valence-corrected chi connectivity index (χ2v) is 4.76. The van der Waals surface area contributed by atoms with Gasteiger partial charge >= 0.3 is 0 Å². The Morgan fingerprint density at radius 2 is 2.21 bits per heavy atom. The molecule has 1 rings (SSSR count). The predicted molar refractivity (Wildman–Crippen MR) is 58.3 cm³/mol. The van der Waals surface area contributed by atoms with Gasteiger partial charge in [-0.15, -0.1) is 0 Å². The van der Waals surface area contributed by atoms with Crippen LogP contribution in [0.3, 0.4) is 0 Å². The zero-order chi connectivity index (χ0) is 10.4. The molecule has 1 aliphatic heterocycles. The molecule has 1 heterocycles. The first-order chi connectivity index (χ1) is 6.68. The van der Waals surface area contributed by atoms with Crippen molar-refractivity contribution < 1.29 is 9.84 Å². The number of rotatable bonds is 6. The number of hydrogen-bond acceptors (Lipinski definition) is 2.